The molecule has 0 heterocycles. The molecule has 0 spiro atoms. The van der Waals surface area contributed by atoms with Gasteiger partial charge in [0.05, 0.1) is 5.69 Å². The van der Waals surface area contributed by atoms with Crippen molar-refractivity contribution in [3.8, 4) is 22.6 Å². The second-order valence-corrected chi connectivity index (χ2v) is 7.01. The number of aromatic hydroxyl groups is 2. The maximum atomic E-state index is 10.1. The molecule has 0 radical (unpaired) electrons. The zero-order valence-electron chi connectivity index (χ0n) is 15.2. The third-order valence-corrected chi connectivity index (χ3v) is 5.24. The van der Waals surface area contributed by atoms with Gasteiger partial charge in [-0.15, -0.1) is 0 Å². The maximum absolute atomic E-state index is 10.1. The Kier molecular flexibility index (Phi) is 3.80. The van der Waals surface area contributed by atoms with Crippen molar-refractivity contribution in [2.24, 2.45) is 0 Å². The van der Waals surface area contributed by atoms with Crippen molar-refractivity contribution in [2.75, 3.05) is 4.90 Å². The van der Waals surface area contributed by atoms with Crippen LogP contribution in [-0.2, 0) is 6.42 Å². The summed E-state index contributed by atoms with van der Waals surface area (Å²) >= 11 is 0. The van der Waals surface area contributed by atoms with E-state index in [0.29, 0.717) is 0 Å². The summed E-state index contributed by atoms with van der Waals surface area (Å²) in [5.41, 5.74) is 7.80. The molecule has 136 valence electrons. The van der Waals surface area contributed by atoms with E-state index in [1.165, 1.54) is 22.3 Å². The summed E-state index contributed by atoms with van der Waals surface area (Å²) in [6.07, 6.45) is 0.857. The van der Waals surface area contributed by atoms with E-state index in [9.17, 15) is 10.2 Å². The van der Waals surface area contributed by atoms with Gasteiger partial charge in [0.1, 0.15) is 11.5 Å². The first-order valence-electron chi connectivity index (χ1n) is 9.29. The molecule has 0 aromatic heterocycles. The van der Waals surface area contributed by atoms with Gasteiger partial charge in [0.2, 0.25) is 0 Å². The first-order valence-corrected chi connectivity index (χ1v) is 9.29. The Morgan fingerprint density at radius 2 is 1.21 bits per heavy atom. The highest BCUT2D eigenvalue weighted by Crippen LogP contribution is 2.46. The van der Waals surface area contributed by atoms with Crippen LogP contribution in [0.15, 0.2) is 91.0 Å². The maximum Gasteiger partial charge on any atom is 0.117 e. The molecule has 2 N–H and O–H groups in total. The smallest absolute Gasteiger partial charge is 0.117 e. The van der Waals surface area contributed by atoms with Gasteiger partial charge in [-0.1, -0.05) is 48.5 Å². The number of hydrogen-bond acceptors (Lipinski definition) is 3. The van der Waals surface area contributed by atoms with Crippen molar-refractivity contribution < 1.29 is 10.2 Å². The van der Waals surface area contributed by atoms with Crippen LogP contribution >= 0.6 is 0 Å². The lowest BCUT2D eigenvalue weighted by atomic mass is 10.0. The van der Waals surface area contributed by atoms with E-state index in [0.717, 1.165) is 23.5 Å². The van der Waals surface area contributed by atoms with Gasteiger partial charge >= 0.3 is 0 Å². The third kappa shape index (κ3) is 2.69. The first kappa shape index (κ1) is 16.5. The van der Waals surface area contributed by atoms with Gasteiger partial charge in [-0.3, -0.25) is 0 Å². The molecule has 28 heavy (non-hydrogen) atoms. The molecular weight excluding hydrogens is 346 g/mol. The number of rotatable bonds is 3. The van der Waals surface area contributed by atoms with E-state index in [4.69, 9.17) is 0 Å². The van der Waals surface area contributed by atoms with Crippen LogP contribution in [0.4, 0.5) is 17.1 Å². The highest BCUT2D eigenvalue weighted by molar-refractivity contribution is 5.88. The average molecular weight is 365 g/mol. The Morgan fingerprint density at radius 1 is 0.607 bits per heavy atom. The minimum Gasteiger partial charge on any atom is -0.508 e. The van der Waals surface area contributed by atoms with E-state index in [2.05, 4.69) is 47.4 Å². The van der Waals surface area contributed by atoms with Crippen LogP contribution < -0.4 is 4.90 Å². The number of nitrogens with zero attached hydrogens (tertiary/aromatic N) is 1. The third-order valence-electron chi connectivity index (χ3n) is 5.24. The Bertz CT molecular complexity index is 1140. The summed E-state index contributed by atoms with van der Waals surface area (Å²) < 4.78 is 0. The molecule has 0 bridgehead atoms. The number of phenolic OH excluding ortho intramolecular Hbond substituents is 2. The summed E-state index contributed by atoms with van der Waals surface area (Å²) in [5.74, 6) is 0.414. The van der Waals surface area contributed by atoms with Crippen molar-refractivity contribution in [3.63, 3.8) is 0 Å². The van der Waals surface area contributed by atoms with Gasteiger partial charge in [-0.05, 0) is 52.6 Å². The van der Waals surface area contributed by atoms with E-state index >= 15 is 0 Å². The number of benzene rings is 4. The predicted octanol–water partition coefficient (Wildman–Crippen LogP) is 6.14. The van der Waals surface area contributed by atoms with Crippen LogP contribution in [0.25, 0.3) is 11.1 Å². The fourth-order valence-electron chi connectivity index (χ4n) is 4.04. The molecule has 0 unspecified atom stereocenters. The lowest BCUT2D eigenvalue weighted by molar-refractivity contribution is 0.475. The van der Waals surface area contributed by atoms with Crippen LogP contribution in [0, 0.1) is 0 Å². The minimum atomic E-state index is 0.207. The normalized spacial score (nSPS) is 11.7. The second kappa shape index (κ2) is 6.46. The van der Waals surface area contributed by atoms with Gasteiger partial charge in [-0.2, -0.15) is 0 Å². The van der Waals surface area contributed by atoms with Crippen LogP contribution in [0.2, 0.25) is 0 Å². The SMILES string of the molecule is Oc1cccc(N(c2cccc(O)c2)c2cccc3c2Cc2ccccc2-3)c1. The molecule has 0 atom stereocenters. The molecule has 3 heteroatoms. The highest BCUT2D eigenvalue weighted by Gasteiger charge is 2.24. The Labute approximate surface area is 163 Å². The molecular formula is C25H19NO2. The molecule has 0 saturated heterocycles. The Balaban J connectivity index is 1.74. The van der Waals surface area contributed by atoms with Crippen LogP contribution in [0.5, 0.6) is 11.5 Å². The van der Waals surface area contributed by atoms with E-state index < -0.39 is 0 Å². The van der Waals surface area contributed by atoms with Gasteiger partial charge in [-0.25, -0.2) is 0 Å². The number of fused-ring (bicyclic) bond motifs is 3. The zero-order chi connectivity index (χ0) is 19.1. The minimum absolute atomic E-state index is 0.207. The Morgan fingerprint density at radius 3 is 1.89 bits per heavy atom. The van der Waals surface area contributed by atoms with Crippen molar-refractivity contribution in [2.45, 2.75) is 6.42 Å². The number of phenols is 2. The molecule has 0 amide bonds. The van der Waals surface area contributed by atoms with Crippen molar-refractivity contribution in [3.05, 3.63) is 102 Å². The molecule has 1 aliphatic carbocycles. The Hall–Kier alpha value is -3.72. The summed E-state index contributed by atoms with van der Waals surface area (Å²) in [4.78, 5) is 2.09. The molecule has 0 saturated carbocycles. The summed E-state index contributed by atoms with van der Waals surface area (Å²) in [5, 5.41) is 20.1. The second-order valence-electron chi connectivity index (χ2n) is 7.01. The molecule has 4 aromatic rings. The molecule has 5 rings (SSSR count). The summed E-state index contributed by atoms with van der Waals surface area (Å²) in [6.45, 7) is 0. The lowest BCUT2D eigenvalue weighted by Gasteiger charge is -2.28. The van der Waals surface area contributed by atoms with E-state index in [1.807, 2.05) is 24.3 Å². The van der Waals surface area contributed by atoms with E-state index in [-0.39, 0.29) is 11.5 Å². The quantitative estimate of drug-likeness (QED) is 0.404. The first-order chi connectivity index (χ1) is 13.7. The summed E-state index contributed by atoms with van der Waals surface area (Å²) in [7, 11) is 0. The fraction of sp³-hybridized carbons (Fsp3) is 0.0400. The number of hydrogen-bond donors (Lipinski definition) is 2. The van der Waals surface area contributed by atoms with Crippen LogP contribution in [0.1, 0.15) is 11.1 Å². The lowest BCUT2D eigenvalue weighted by Crippen LogP contribution is -2.12. The fourth-order valence-corrected chi connectivity index (χ4v) is 4.04. The van der Waals surface area contributed by atoms with Crippen molar-refractivity contribution >= 4 is 17.1 Å². The summed E-state index contributed by atoms with van der Waals surface area (Å²) in [6, 6.07) is 29.2. The van der Waals surface area contributed by atoms with Crippen LogP contribution in [-0.4, -0.2) is 10.2 Å². The largest absolute Gasteiger partial charge is 0.508 e. The zero-order valence-corrected chi connectivity index (χ0v) is 15.2. The monoisotopic (exact) mass is 365 g/mol. The molecule has 4 aromatic carbocycles. The standard InChI is InChI=1S/C25H19NO2/c27-20-9-3-7-18(15-20)26(19-8-4-10-21(28)16-19)25-13-5-12-23-22-11-2-1-6-17(22)14-24(23)25/h1-13,15-16,27-28H,14H2. The van der Waals surface area contributed by atoms with Crippen LogP contribution in [0.3, 0.4) is 0 Å². The number of anilines is 3. The predicted molar refractivity (Wildman–Crippen MR) is 113 cm³/mol. The highest BCUT2D eigenvalue weighted by atomic mass is 16.3. The topological polar surface area (TPSA) is 43.7 Å². The van der Waals surface area contributed by atoms with Gasteiger partial charge in [0.25, 0.3) is 0 Å². The van der Waals surface area contributed by atoms with Gasteiger partial charge in [0, 0.05) is 29.9 Å². The van der Waals surface area contributed by atoms with Crippen molar-refractivity contribution in [1.29, 1.82) is 0 Å². The van der Waals surface area contributed by atoms with Gasteiger partial charge < -0.3 is 15.1 Å². The van der Waals surface area contributed by atoms with Crippen molar-refractivity contribution in [1.82, 2.24) is 0 Å². The molecule has 3 nitrogen and oxygen atoms in total. The van der Waals surface area contributed by atoms with E-state index in [1.54, 1.807) is 24.3 Å². The molecule has 0 aliphatic heterocycles. The molecule has 0 fully saturated rings. The van der Waals surface area contributed by atoms with Gasteiger partial charge in [0.15, 0.2) is 0 Å². The average Bonchev–Trinajstić information content (AvgIpc) is 3.08. The molecule has 1 aliphatic rings.